The maximum atomic E-state index is 12.4. The molecule has 20 heavy (non-hydrogen) atoms. The van der Waals surface area contributed by atoms with Crippen molar-refractivity contribution in [1.82, 2.24) is 5.06 Å². The van der Waals surface area contributed by atoms with Gasteiger partial charge in [-0.2, -0.15) is 0 Å². The smallest absolute Gasteiger partial charge is 0.249 e. The standard InChI is InChI=1S/C15H21ClN2O2/c1-20-18(15(19)11-5-3-2-4-6-11)10-12-7-8-13(17)9-14(12)16/h7-9,11H,2-6,10,17H2,1H3. The Hall–Kier alpha value is -1.26. The van der Waals surface area contributed by atoms with Crippen molar-refractivity contribution in [3.8, 4) is 0 Å². The second-order valence-electron chi connectivity index (χ2n) is 5.24. The summed E-state index contributed by atoms with van der Waals surface area (Å²) < 4.78 is 0. The number of hydrogen-bond donors (Lipinski definition) is 1. The molecule has 1 amide bonds. The van der Waals surface area contributed by atoms with Crippen LogP contribution >= 0.6 is 11.6 Å². The molecular weight excluding hydrogens is 276 g/mol. The van der Waals surface area contributed by atoms with E-state index in [1.165, 1.54) is 18.6 Å². The van der Waals surface area contributed by atoms with Gasteiger partial charge in [-0.3, -0.25) is 9.63 Å². The average Bonchev–Trinajstić information content (AvgIpc) is 2.47. The Bertz CT molecular complexity index is 473. The van der Waals surface area contributed by atoms with E-state index in [4.69, 9.17) is 22.2 Å². The molecule has 0 atom stereocenters. The van der Waals surface area contributed by atoms with Crippen molar-refractivity contribution in [2.45, 2.75) is 38.6 Å². The molecule has 1 aromatic rings. The van der Waals surface area contributed by atoms with Crippen LogP contribution in [0.4, 0.5) is 5.69 Å². The predicted molar refractivity (Wildman–Crippen MR) is 80.0 cm³/mol. The van der Waals surface area contributed by atoms with Crippen LogP contribution in [0.2, 0.25) is 5.02 Å². The minimum atomic E-state index is 0.0556. The maximum absolute atomic E-state index is 12.4. The van der Waals surface area contributed by atoms with E-state index >= 15 is 0 Å². The zero-order chi connectivity index (χ0) is 14.5. The molecule has 1 aliphatic carbocycles. The Morgan fingerprint density at radius 2 is 2.10 bits per heavy atom. The van der Waals surface area contributed by atoms with Crippen LogP contribution < -0.4 is 5.73 Å². The summed E-state index contributed by atoms with van der Waals surface area (Å²) in [5, 5.41) is 1.97. The summed E-state index contributed by atoms with van der Waals surface area (Å²) in [6, 6.07) is 5.30. The number of rotatable bonds is 4. The Balaban J connectivity index is 2.05. The first-order chi connectivity index (χ1) is 9.61. The highest BCUT2D eigenvalue weighted by molar-refractivity contribution is 6.31. The lowest BCUT2D eigenvalue weighted by molar-refractivity contribution is -0.185. The lowest BCUT2D eigenvalue weighted by Crippen LogP contribution is -2.35. The van der Waals surface area contributed by atoms with Gasteiger partial charge >= 0.3 is 0 Å². The summed E-state index contributed by atoms with van der Waals surface area (Å²) in [6.45, 7) is 0.352. The van der Waals surface area contributed by atoms with Crippen molar-refractivity contribution in [1.29, 1.82) is 0 Å². The molecule has 4 nitrogen and oxygen atoms in total. The number of halogens is 1. The van der Waals surface area contributed by atoms with Crippen molar-refractivity contribution in [3.63, 3.8) is 0 Å². The molecule has 0 aliphatic heterocycles. The van der Waals surface area contributed by atoms with E-state index < -0.39 is 0 Å². The highest BCUT2D eigenvalue weighted by Crippen LogP contribution is 2.27. The fraction of sp³-hybridized carbons (Fsp3) is 0.533. The van der Waals surface area contributed by atoms with Gasteiger partial charge in [-0.05, 0) is 30.5 Å². The normalized spacial score (nSPS) is 16.1. The molecule has 1 aromatic carbocycles. The molecule has 0 bridgehead atoms. The molecule has 1 saturated carbocycles. The number of hydrogen-bond acceptors (Lipinski definition) is 3. The minimum Gasteiger partial charge on any atom is -0.399 e. The molecule has 5 heteroatoms. The van der Waals surface area contributed by atoms with Crippen LogP contribution in [-0.4, -0.2) is 18.1 Å². The highest BCUT2D eigenvalue weighted by atomic mass is 35.5. The van der Waals surface area contributed by atoms with E-state index in [0.717, 1.165) is 31.2 Å². The number of nitrogens with two attached hydrogens (primary N) is 1. The van der Waals surface area contributed by atoms with E-state index in [-0.39, 0.29) is 11.8 Å². The van der Waals surface area contributed by atoms with Crippen molar-refractivity contribution in [2.24, 2.45) is 5.92 Å². The summed E-state index contributed by atoms with van der Waals surface area (Å²) in [4.78, 5) is 17.7. The number of hydroxylamine groups is 2. The van der Waals surface area contributed by atoms with Gasteiger partial charge in [0.15, 0.2) is 0 Å². The number of nitrogen functional groups attached to an aromatic ring is 1. The summed E-state index contributed by atoms with van der Waals surface area (Å²) in [5.74, 6) is 0.136. The number of anilines is 1. The van der Waals surface area contributed by atoms with E-state index in [2.05, 4.69) is 0 Å². The van der Waals surface area contributed by atoms with Crippen molar-refractivity contribution in [3.05, 3.63) is 28.8 Å². The molecule has 110 valence electrons. The van der Waals surface area contributed by atoms with Gasteiger partial charge in [0.05, 0.1) is 13.7 Å². The van der Waals surface area contributed by atoms with Gasteiger partial charge in [-0.25, -0.2) is 5.06 Å². The van der Waals surface area contributed by atoms with Crippen molar-refractivity contribution in [2.75, 3.05) is 12.8 Å². The van der Waals surface area contributed by atoms with Crippen LogP contribution in [0.5, 0.6) is 0 Å². The first-order valence-corrected chi connectivity index (χ1v) is 7.39. The van der Waals surface area contributed by atoms with Crippen LogP contribution in [0.1, 0.15) is 37.7 Å². The molecule has 1 aliphatic rings. The van der Waals surface area contributed by atoms with Crippen molar-refractivity contribution >= 4 is 23.2 Å². The van der Waals surface area contributed by atoms with Crippen LogP contribution in [0.3, 0.4) is 0 Å². The van der Waals surface area contributed by atoms with Crippen LogP contribution in [0.15, 0.2) is 18.2 Å². The van der Waals surface area contributed by atoms with E-state index in [9.17, 15) is 4.79 Å². The molecule has 0 unspecified atom stereocenters. The fourth-order valence-corrected chi connectivity index (χ4v) is 2.88. The quantitative estimate of drug-likeness (QED) is 0.684. The zero-order valence-corrected chi connectivity index (χ0v) is 12.5. The number of carbonyl (C=O) groups is 1. The fourth-order valence-electron chi connectivity index (χ4n) is 2.63. The lowest BCUT2D eigenvalue weighted by Gasteiger charge is -2.27. The van der Waals surface area contributed by atoms with Crippen molar-refractivity contribution < 1.29 is 9.63 Å². The van der Waals surface area contributed by atoms with Gasteiger partial charge in [0.25, 0.3) is 0 Å². The summed E-state index contributed by atoms with van der Waals surface area (Å²) >= 11 is 6.15. The largest absolute Gasteiger partial charge is 0.399 e. The van der Waals surface area contributed by atoms with E-state index in [1.54, 1.807) is 12.1 Å². The maximum Gasteiger partial charge on any atom is 0.249 e. The first kappa shape index (κ1) is 15.1. The lowest BCUT2D eigenvalue weighted by atomic mass is 9.88. The highest BCUT2D eigenvalue weighted by Gasteiger charge is 2.26. The van der Waals surface area contributed by atoms with Crippen LogP contribution in [0, 0.1) is 5.92 Å². The Labute approximate surface area is 124 Å². The molecule has 0 spiro atoms. The number of amides is 1. The summed E-state index contributed by atoms with van der Waals surface area (Å²) in [7, 11) is 1.52. The second-order valence-corrected chi connectivity index (χ2v) is 5.65. The molecular formula is C15H21ClN2O2. The molecule has 0 aromatic heterocycles. The molecule has 0 saturated heterocycles. The van der Waals surface area contributed by atoms with Crippen LogP contribution in [-0.2, 0) is 16.2 Å². The Morgan fingerprint density at radius 3 is 2.70 bits per heavy atom. The van der Waals surface area contributed by atoms with Gasteiger partial charge in [-0.1, -0.05) is 36.9 Å². The average molecular weight is 297 g/mol. The zero-order valence-electron chi connectivity index (χ0n) is 11.8. The van der Waals surface area contributed by atoms with E-state index in [1.807, 2.05) is 6.07 Å². The molecule has 0 radical (unpaired) electrons. The third-order valence-corrected chi connectivity index (χ3v) is 4.16. The van der Waals surface area contributed by atoms with Gasteiger partial charge in [0.2, 0.25) is 5.91 Å². The van der Waals surface area contributed by atoms with Crippen LogP contribution in [0.25, 0.3) is 0 Å². The molecule has 1 fully saturated rings. The van der Waals surface area contributed by atoms with Gasteiger partial charge in [0.1, 0.15) is 0 Å². The number of carbonyl (C=O) groups excluding carboxylic acids is 1. The number of nitrogens with zero attached hydrogens (tertiary/aromatic N) is 1. The van der Waals surface area contributed by atoms with Gasteiger partial charge in [0, 0.05) is 16.6 Å². The third kappa shape index (κ3) is 3.64. The molecule has 2 rings (SSSR count). The second kappa shape index (κ2) is 6.95. The third-order valence-electron chi connectivity index (χ3n) is 3.81. The van der Waals surface area contributed by atoms with E-state index in [0.29, 0.717) is 17.3 Å². The van der Waals surface area contributed by atoms with Gasteiger partial charge in [-0.15, -0.1) is 0 Å². The topological polar surface area (TPSA) is 55.6 Å². The molecule has 2 N–H and O–H groups in total. The SMILES string of the molecule is CON(Cc1ccc(N)cc1Cl)C(=O)C1CCCCC1. The number of benzene rings is 1. The predicted octanol–water partition coefficient (Wildman–Crippen LogP) is 3.39. The molecule has 0 heterocycles. The first-order valence-electron chi connectivity index (χ1n) is 7.01. The Kier molecular flexibility index (Phi) is 5.26. The minimum absolute atomic E-state index is 0.0556. The van der Waals surface area contributed by atoms with Gasteiger partial charge < -0.3 is 5.73 Å². The summed E-state index contributed by atoms with van der Waals surface area (Å²) in [6.07, 6.45) is 5.37. The Morgan fingerprint density at radius 1 is 1.40 bits per heavy atom. The monoisotopic (exact) mass is 296 g/mol. The summed E-state index contributed by atoms with van der Waals surface area (Å²) in [5.41, 5.74) is 7.12.